The second kappa shape index (κ2) is 7.56. The van der Waals surface area contributed by atoms with Gasteiger partial charge in [0.15, 0.2) is 0 Å². The number of piperidine rings is 1. The molecule has 2 aliphatic heterocycles. The van der Waals surface area contributed by atoms with E-state index in [1.54, 1.807) is 7.11 Å². The number of rotatable bonds is 4. The maximum atomic E-state index is 6.13. The number of hydrogen-bond donors (Lipinski definition) is 0. The number of likely N-dealkylation sites (tertiary alicyclic amines) is 1. The Morgan fingerprint density at radius 1 is 1.32 bits per heavy atom. The number of nitrogens with zero attached hydrogens (tertiary/aromatic N) is 1. The van der Waals surface area contributed by atoms with Gasteiger partial charge in [0.1, 0.15) is 18.1 Å². The molecule has 0 amide bonds. The zero-order valence-corrected chi connectivity index (χ0v) is 14.7. The maximum absolute atomic E-state index is 6.13. The van der Waals surface area contributed by atoms with Crippen molar-refractivity contribution in [1.82, 2.24) is 4.90 Å². The molecule has 2 atom stereocenters. The molecule has 0 N–H and O–H groups in total. The summed E-state index contributed by atoms with van der Waals surface area (Å²) in [6, 6.07) is 4.93. The van der Waals surface area contributed by atoms with Crippen LogP contribution in [-0.2, 0) is 6.42 Å². The van der Waals surface area contributed by atoms with Gasteiger partial charge in [-0.3, -0.25) is 4.90 Å². The van der Waals surface area contributed by atoms with E-state index in [4.69, 9.17) is 9.47 Å². The number of methoxy groups -OCH3 is 1. The molecule has 0 radical (unpaired) electrons. The molecule has 2 heterocycles. The predicted octanol–water partition coefficient (Wildman–Crippen LogP) is 4.03. The topological polar surface area (TPSA) is 21.7 Å². The molecule has 1 aromatic rings. The highest BCUT2D eigenvalue weighted by molar-refractivity contribution is 5.85. The quantitative estimate of drug-likeness (QED) is 0.834. The van der Waals surface area contributed by atoms with Crippen molar-refractivity contribution in [2.75, 3.05) is 26.8 Å². The number of hydrogen-bond acceptors (Lipinski definition) is 3. The van der Waals surface area contributed by atoms with Gasteiger partial charge in [-0.1, -0.05) is 13.8 Å². The molecule has 0 bridgehead atoms. The Kier molecular flexibility index (Phi) is 5.99. The minimum absolute atomic E-state index is 0. The molecule has 0 unspecified atom stereocenters. The number of benzene rings is 1. The van der Waals surface area contributed by atoms with E-state index in [0.717, 1.165) is 24.5 Å². The fourth-order valence-electron chi connectivity index (χ4n) is 3.94. The van der Waals surface area contributed by atoms with Gasteiger partial charge in [-0.2, -0.15) is 0 Å². The summed E-state index contributed by atoms with van der Waals surface area (Å²) in [7, 11) is 1.78. The Morgan fingerprint density at radius 3 is 2.82 bits per heavy atom. The molecule has 3 rings (SSSR count). The fourth-order valence-corrected chi connectivity index (χ4v) is 3.94. The molecule has 1 fully saturated rings. The van der Waals surface area contributed by atoms with E-state index in [2.05, 4.69) is 30.9 Å². The first kappa shape index (κ1) is 17.4. The zero-order chi connectivity index (χ0) is 14.8. The third-order valence-electron chi connectivity index (χ3n) is 4.98. The largest absolute Gasteiger partial charge is 0.496 e. The lowest BCUT2D eigenvalue weighted by Gasteiger charge is -2.44. The lowest BCUT2D eigenvalue weighted by Crippen LogP contribution is -2.49. The lowest BCUT2D eigenvalue weighted by molar-refractivity contribution is 0.0645. The molecule has 0 spiro atoms. The van der Waals surface area contributed by atoms with Crippen LogP contribution in [0.3, 0.4) is 0 Å². The number of halogens is 1. The number of aryl methyl sites for hydroxylation is 1. The lowest BCUT2D eigenvalue weighted by atomic mass is 9.80. The summed E-state index contributed by atoms with van der Waals surface area (Å²) in [6.45, 7) is 7.65. The maximum Gasteiger partial charge on any atom is 0.126 e. The second-order valence-corrected chi connectivity index (χ2v) is 6.23. The van der Waals surface area contributed by atoms with Gasteiger partial charge >= 0.3 is 0 Å². The summed E-state index contributed by atoms with van der Waals surface area (Å²) in [5, 5.41) is 0. The molecule has 0 saturated carbocycles. The van der Waals surface area contributed by atoms with Crippen molar-refractivity contribution in [2.24, 2.45) is 0 Å². The summed E-state index contributed by atoms with van der Waals surface area (Å²) >= 11 is 0. The van der Waals surface area contributed by atoms with Crippen LogP contribution in [0.25, 0.3) is 0 Å². The summed E-state index contributed by atoms with van der Waals surface area (Å²) < 4.78 is 11.8. The Balaban J connectivity index is 0.00000176. The molecule has 0 aliphatic carbocycles. The van der Waals surface area contributed by atoms with Crippen LogP contribution in [0.15, 0.2) is 12.1 Å². The minimum atomic E-state index is 0. The highest BCUT2D eigenvalue weighted by Crippen LogP contribution is 2.46. The average molecular weight is 326 g/mol. The molecule has 124 valence electrons. The Morgan fingerprint density at radius 2 is 2.14 bits per heavy atom. The standard InChI is InChI=1S/C18H27NO2.ClH/c1-4-8-19-9-6-7-14-15(19)12-21-17-11-13(5-2)10-16(20-3)18(14)17;/h10-11,14-15H,4-9,12H2,1-3H3;1H/t14-,15+;/m0./s1. The number of ether oxygens (including phenoxy) is 2. The Labute approximate surface area is 140 Å². The Bertz CT molecular complexity index is 487. The van der Waals surface area contributed by atoms with E-state index in [0.29, 0.717) is 12.0 Å². The third-order valence-corrected chi connectivity index (χ3v) is 4.98. The van der Waals surface area contributed by atoms with Gasteiger partial charge in [0.2, 0.25) is 0 Å². The first-order valence-corrected chi connectivity index (χ1v) is 8.36. The van der Waals surface area contributed by atoms with E-state index < -0.39 is 0 Å². The van der Waals surface area contributed by atoms with E-state index in [1.165, 1.54) is 43.5 Å². The fraction of sp³-hybridized carbons (Fsp3) is 0.667. The van der Waals surface area contributed by atoms with Crippen LogP contribution in [0.5, 0.6) is 11.5 Å². The monoisotopic (exact) mass is 325 g/mol. The first-order chi connectivity index (χ1) is 10.3. The van der Waals surface area contributed by atoms with Crippen LogP contribution in [-0.4, -0.2) is 37.7 Å². The SMILES string of the molecule is CCCN1CCC[C@@H]2c3c(OC)cc(CC)cc3OC[C@H]21.Cl. The molecule has 2 aliphatic rings. The minimum Gasteiger partial charge on any atom is -0.496 e. The normalized spacial score (nSPS) is 23.8. The van der Waals surface area contributed by atoms with Crippen LogP contribution in [0.4, 0.5) is 0 Å². The number of fused-ring (bicyclic) bond motifs is 3. The van der Waals surface area contributed by atoms with Crippen molar-refractivity contribution in [1.29, 1.82) is 0 Å². The molecule has 1 saturated heterocycles. The Hall–Kier alpha value is -0.930. The summed E-state index contributed by atoms with van der Waals surface area (Å²) in [5.74, 6) is 2.65. The summed E-state index contributed by atoms with van der Waals surface area (Å²) in [6.07, 6.45) is 4.76. The first-order valence-electron chi connectivity index (χ1n) is 8.36. The van der Waals surface area contributed by atoms with Crippen LogP contribution < -0.4 is 9.47 Å². The van der Waals surface area contributed by atoms with Gasteiger partial charge in [-0.25, -0.2) is 0 Å². The van der Waals surface area contributed by atoms with Crippen molar-refractivity contribution in [3.05, 3.63) is 23.3 Å². The second-order valence-electron chi connectivity index (χ2n) is 6.23. The van der Waals surface area contributed by atoms with Crippen molar-refractivity contribution in [3.8, 4) is 11.5 Å². The van der Waals surface area contributed by atoms with Crippen molar-refractivity contribution in [2.45, 2.75) is 51.5 Å². The molecule has 4 heteroatoms. The smallest absolute Gasteiger partial charge is 0.126 e. The van der Waals surface area contributed by atoms with Gasteiger partial charge in [-0.05, 0) is 56.5 Å². The molecular weight excluding hydrogens is 298 g/mol. The van der Waals surface area contributed by atoms with Crippen LogP contribution in [0, 0.1) is 0 Å². The molecule has 0 aromatic heterocycles. The van der Waals surface area contributed by atoms with Gasteiger partial charge < -0.3 is 9.47 Å². The molecular formula is C18H28ClNO2. The molecule has 22 heavy (non-hydrogen) atoms. The molecule has 3 nitrogen and oxygen atoms in total. The van der Waals surface area contributed by atoms with Crippen molar-refractivity contribution < 1.29 is 9.47 Å². The van der Waals surface area contributed by atoms with Gasteiger partial charge in [0.25, 0.3) is 0 Å². The van der Waals surface area contributed by atoms with Gasteiger partial charge in [0.05, 0.1) is 13.2 Å². The predicted molar refractivity (Wildman–Crippen MR) is 92.7 cm³/mol. The van der Waals surface area contributed by atoms with Gasteiger partial charge in [-0.15, -0.1) is 12.4 Å². The average Bonchev–Trinajstić information content (AvgIpc) is 2.53. The highest BCUT2D eigenvalue weighted by Gasteiger charge is 2.39. The van der Waals surface area contributed by atoms with E-state index in [-0.39, 0.29) is 12.4 Å². The highest BCUT2D eigenvalue weighted by atomic mass is 35.5. The van der Waals surface area contributed by atoms with Crippen molar-refractivity contribution >= 4 is 12.4 Å². The van der Waals surface area contributed by atoms with Crippen LogP contribution in [0.2, 0.25) is 0 Å². The zero-order valence-electron chi connectivity index (χ0n) is 13.9. The van der Waals surface area contributed by atoms with Gasteiger partial charge in [0, 0.05) is 11.5 Å². The van der Waals surface area contributed by atoms with Crippen LogP contribution >= 0.6 is 12.4 Å². The van der Waals surface area contributed by atoms with Crippen LogP contribution in [0.1, 0.15) is 50.2 Å². The van der Waals surface area contributed by atoms with Crippen molar-refractivity contribution in [3.63, 3.8) is 0 Å². The van der Waals surface area contributed by atoms with E-state index in [9.17, 15) is 0 Å². The summed E-state index contributed by atoms with van der Waals surface area (Å²) in [4.78, 5) is 2.62. The summed E-state index contributed by atoms with van der Waals surface area (Å²) in [5.41, 5.74) is 2.61. The van der Waals surface area contributed by atoms with E-state index in [1.807, 2.05) is 0 Å². The molecule has 1 aromatic carbocycles. The van der Waals surface area contributed by atoms with E-state index >= 15 is 0 Å². The third kappa shape index (κ3) is 3.07.